The number of phenolic OH excluding ortho intramolecular Hbond substituents is 1. The maximum absolute atomic E-state index is 12.5. The van der Waals surface area contributed by atoms with E-state index in [0.717, 1.165) is 18.4 Å². The Labute approximate surface area is 123 Å². The van der Waals surface area contributed by atoms with Gasteiger partial charge in [0.15, 0.2) is 0 Å². The van der Waals surface area contributed by atoms with E-state index in [1.165, 1.54) is 0 Å². The van der Waals surface area contributed by atoms with Gasteiger partial charge in [0.1, 0.15) is 5.75 Å². The van der Waals surface area contributed by atoms with Gasteiger partial charge in [-0.2, -0.15) is 0 Å². The summed E-state index contributed by atoms with van der Waals surface area (Å²) in [6, 6.07) is 14.7. The maximum Gasteiger partial charge on any atom is 0.230 e. The second kappa shape index (κ2) is 5.13. The Morgan fingerprint density at radius 2 is 1.90 bits per heavy atom. The minimum absolute atomic E-state index is 0.00974. The molecular formula is C17H18N2O2. The van der Waals surface area contributed by atoms with Crippen LogP contribution in [0.1, 0.15) is 24.0 Å². The molecule has 1 fully saturated rings. The van der Waals surface area contributed by atoms with E-state index in [-0.39, 0.29) is 18.2 Å². The van der Waals surface area contributed by atoms with Gasteiger partial charge >= 0.3 is 0 Å². The molecule has 0 spiro atoms. The third kappa shape index (κ3) is 2.57. The summed E-state index contributed by atoms with van der Waals surface area (Å²) in [5.74, 6) is 0.157. The van der Waals surface area contributed by atoms with Crippen molar-refractivity contribution in [3.8, 4) is 5.75 Å². The highest BCUT2D eigenvalue weighted by Crippen LogP contribution is 2.48. The second-order valence-electron chi connectivity index (χ2n) is 5.52. The van der Waals surface area contributed by atoms with Crippen molar-refractivity contribution < 1.29 is 9.90 Å². The number of amides is 1. The molecule has 1 amide bonds. The number of aromatic hydroxyl groups is 1. The first kappa shape index (κ1) is 13.5. The van der Waals surface area contributed by atoms with Crippen molar-refractivity contribution >= 4 is 11.6 Å². The smallest absolute Gasteiger partial charge is 0.230 e. The third-order valence-electron chi connectivity index (χ3n) is 4.05. The Morgan fingerprint density at radius 3 is 2.57 bits per heavy atom. The number of benzene rings is 2. The summed E-state index contributed by atoms with van der Waals surface area (Å²) in [7, 11) is 0. The van der Waals surface area contributed by atoms with Crippen molar-refractivity contribution in [1.82, 2.24) is 5.32 Å². The van der Waals surface area contributed by atoms with Gasteiger partial charge in [0.25, 0.3) is 0 Å². The monoisotopic (exact) mass is 282 g/mol. The molecule has 0 saturated heterocycles. The van der Waals surface area contributed by atoms with Gasteiger partial charge in [0.05, 0.1) is 5.41 Å². The minimum atomic E-state index is -0.392. The van der Waals surface area contributed by atoms with E-state index >= 15 is 0 Å². The van der Waals surface area contributed by atoms with Crippen molar-refractivity contribution in [3.63, 3.8) is 0 Å². The number of rotatable bonds is 4. The maximum atomic E-state index is 12.5. The van der Waals surface area contributed by atoms with Gasteiger partial charge in [-0.3, -0.25) is 4.79 Å². The molecule has 3 rings (SSSR count). The molecule has 0 bridgehead atoms. The Morgan fingerprint density at radius 1 is 1.19 bits per heavy atom. The van der Waals surface area contributed by atoms with Gasteiger partial charge < -0.3 is 16.2 Å². The molecule has 4 nitrogen and oxygen atoms in total. The number of hydrogen-bond acceptors (Lipinski definition) is 3. The van der Waals surface area contributed by atoms with Gasteiger partial charge in [-0.05, 0) is 36.6 Å². The van der Waals surface area contributed by atoms with Gasteiger partial charge in [-0.25, -0.2) is 0 Å². The Bertz CT molecular complexity index is 664. The molecule has 1 saturated carbocycles. The largest absolute Gasteiger partial charge is 0.508 e. The number of hydrogen-bond donors (Lipinski definition) is 3. The van der Waals surface area contributed by atoms with Crippen LogP contribution in [0.4, 0.5) is 5.69 Å². The second-order valence-corrected chi connectivity index (χ2v) is 5.52. The zero-order valence-electron chi connectivity index (χ0n) is 11.7. The number of carbonyl (C=O) groups is 1. The zero-order valence-corrected chi connectivity index (χ0v) is 11.7. The average molecular weight is 282 g/mol. The minimum Gasteiger partial charge on any atom is -0.508 e. The zero-order chi connectivity index (χ0) is 14.9. The summed E-state index contributed by atoms with van der Waals surface area (Å²) in [5, 5.41) is 12.7. The van der Waals surface area contributed by atoms with E-state index in [4.69, 9.17) is 5.73 Å². The van der Waals surface area contributed by atoms with Crippen LogP contribution in [0.15, 0.2) is 48.5 Å². The lowest BCUT2D eigenvalue weighted by Gasteiger charge is -2.16. The molecule has 4 N–H and O–H groups in total. The molecule has 0 unspecified atom stereocenters. The molecular weight excluding hydrogens is 264 g/mol. The molecule has 1 aliphatic carbocycles. The highest BCUT2D eigenvalue weighted by atomic mass is 16.3. The molecule has 2 aromatic carbocycles. The fourth-order valence-corrected chi connectivity index (χ4v) is 2.62. The fraction of sp³-hybridized carbons (Fsp3) is 0.235. The lowest BCUT2D eigenvalue weighted by molar-refractivity contribution is -0.123. The number of carbonyl (C=O) groups excluding carboxylic acids is 1. The molecule has 0 aliphatic heterocycles. The third-order valence-corrected chi connectivity index (χ3v) is 4.05. The van der Waals surface area contributed by atoms with Crippen LogP contribution < -0.4 is 11.1 Å². The first-order valence-electron chi connectivity index (χ1n) is 7.03. The molecule has 4 heteroatoms. The quantitative estimate of drug-likeness (QED) is 0.595. The summed E-state index contributed by atoms with van der Waals surface area (Å²) in [5.41, 5.74) is 7.56. The van der Waals surface area contributed by atoms with Crippen LogP contribution in [-0.4, -0.2) is 11.0 Å². The van der Waals surface area contributed by atoms with Crippen molar-refractivity contribution in [2.45, 2.75) is 24.8 Å². The number of nitrogens with two attached hydrogens (primary N) is 1. The topological polar surface area (TPSA) is 75.3 Å². The van der Waals surface area contributed by atoms with E-state index in [9.17, 15) is 9.90 Å². The van der Waals surface area contributed by atoms with E-state index in [1.807, 2.05) is 30.3 Å². The molecule has 1 aliphatic rings. The van der Waals surface area contributed by atoms with E-state index in [1.54, 1.807) is 18.2 Å². The number of nitrogen functional groups attached to an aromatic ring is 1. The molecule has 0 heterocycles. The van der Waals surface area contributed by atoms with Crippen molar-refractivity contribution in [3.05, 3.63) is 59.7 Å². The highest BCUT2D eigenvalue weighted by molar-refractivity contribution is 5.91. The Hall–Kier alpha value is -2.49. The number of nitrogens with one attached hydrogen (secondary N) is 1. The Balaban J connectivity index is 1.71. The van der Waals surface area contributed by atoms with Gasteiger partial charge in [-0.1, -0.05) is 30.3 Å². The highest BCUT2D eigenvalue weighted by Gasteiger charge is 2.50. The Kier molecular flexibility index (Phi) is 3.29. The van der Waals surface area contributed by atoms with Gasteiger partial charge in [0.2, 0.25) is 5.91 Å². The lowest BCUT2D eigenvalue weighted by Crippen LogP contribution is -2.34. The van der Waals surface area contributed by atoms with E-state index < -0.39 is 5.41 Å². The van der Waals surface area contributed by atoms with Crippen LogP contribution >= 0.6 is 0 Å². The molecule has 0 radical (unpaired) electrons. The van der Waals surface area contributed by atoms with Crippen molar-refractivity contribution in [2.24, 2.45) is 0 Å². The molecule has 2 aromatic rings. The summed E-state index contributed by atoms with van der Waals surface area (Å²) in [6.45, 7) is 0.282. The van der Waals surface area contributed by atoms with E-state index in [0.29, 0.717) is 11.3 Å². The normalized spacial score (nSPS) is 15.4. The first-order valence-corrected chi connectivity index (χ1v) is 7.03. The lowest BCUT2D eigenvalue weighted by atomic mass is 9.95. The van der Waals surface area contributed by atoms with Crippen LogP contribution in [0.5, 0.6) is 5.75 Å². The first-order chi connectivity index (χ1) is 10.1. The van der Waals surface area contributed by atoms with E-state index in [2.05, 4.69) is 5.32 Å². The average Bonchev–Trinajstić information content (AvgIpc) is 3.30. The standard InChI is InChI=1S/C17H18N2O2/c18-14-6-7-15(20)12(10-14)11-19-16(21)17(8-9-17)13-4-2-1-3-5-13/h1-7,10,20H,8-9,11,18H2,(H,19,21). The van der Waals surface area contributed by atoms with Gasteiger partial charge in [0, 0.05) is 17.8 Å². The SMILES string of the molecule is Nc1ccc(O)c(CNC(=O)C2(c3ccccc3)CC2)c1. The fourth-order valence-electron chi connectivity index (χ4n) is 2.62. The molecule has 0 aromatic heterocycles. The molecule has 0 atom stereocenters. The van der Waals surface area contributed by atoms with Crippen LogP contribution in [-0.2, 0) is 16.8 Å². The summed E-state index contributed by atoms with van der Waals surface area (Å²) < 4.78 is 0. The predicted molar refractivity (Wildman–Crippen MR) is 81.7 cm³/mol. The summed E-state index contributed by atoms with van der Waals surface area (Å²) >= 11 is 0. The number of anilines is 1. The van der Waals surface area contributed by atoms with Crippen LogP contribution in [0, 0.1) is 0 Å². The molecule has 108 valence electrons. The predicted octanol–water partition coefficient (Wildman–Crippen LogP) is 2.32. The molecule has 21 heavy (non-hydrogen) atoms. The van der Waals surface area contributed by atoms with Crippen molar-refractivity contribution in [2.75, 3.05) is 5.73 Å². The number of phenols is 1. The van der Waals surface area contributed by atoms with Crippen LogP contribution in [0.3, 0.4) is 0 Å². The van der Waals surface area contributed by atoms with Crippen molar-refractivity contribution in [1.29, 1.82) is 0 Å². The van der Waals surface area contributed by atoms with Gasteiger partial charge in [-0.15, -0.1) is 0 Å². The summed E-state index contributed by atoms with van der Waals surface area (Å²) in [6.07, 6.45) is 1.73. The van der Waals surface area contributed by atoms with Crippen LogP contribution in [0.2, 0.25) is 0 Å². The van der Waals surface area contributed by atoms with Crippen LogP contribution in [0.25, 0.3) is 0 Å². The summed E-state index contributed by atoms with van der Waals surface area (Å²) in [4.78, 5) is 12.5.